The maximum Gasteiger partial charge on any atom is 0.240 e. The molecule has 0 aliphatic carbocycles. The molecule has 168 valence electrons. The smallest absolute Gasteiger partial charge is 0.240 e. The highest BCUT2D eigenvalue weighted by Gasteiger charge is 2.20. The Bertz CT molecular complexity index is 1240. The summed E-state index contributed by atoms with van der Waals surface area (Å²) >= 11 is 4.91. The Labute approximate surface area is 206 Å². The fraction of sp³-hybridized carbons (Fsp3) is 0.231. The normalized spacial score (nSPS) is 15.1. The van der Waals surface area contributed by atoms with Gasteiger partial charge in [0.2, 0.25) is 5.91 Å². The molecule has 5 rings (SSSR count). The van der Waals surface area contributed by atoms with E-state index in [-0.39, 0.29) is 5.91 Å². The maximum absolute atomic E-state index is 12.6. The molecule has 0 unspecified atom stereocenters. The Morgan fingerprint density at radius 1 is 0.939 bits per heavy atom. The predicted molar refractivity (Wildman–Crippen MR) is 140 cm³/mol. The molecule has 0 atom stereocenters. The number of thiazole rings is 1. The summed E-state index contributed by atoms with van der Waals surface area (Å²) in [4.78, 5) is 21.8. The number of piperazine rings is 1. The molecule has 7 heteroatoms. The van der Waals surface area contributed by atoms with Crippen LogP contribution in [0.2, 0.25) is 0 Å². The van der Waals surface area contributed by atoms with Crippen LogP contribution in [-0.4, -0.2) is 53.4 Å². The van der Waals surface area contributed by atoms with E-state index in [2.05, 4.69) is 78.5 Å². The second-order valence-corrected chi connectivity index (χ2v) is 10.1. The number of carbonyl (C=O) groups is 1. The van der Waals surface area contributed by atoms with E-state index >= 15 is 0 Å². The lowest BCUT2D eigenvalue weighted by molar-refractivity contribution is -0.117. The average molecular weight is 521 g/mol. The van der Waals surface area contributed by atoms with Crippen molar-refractivity contribution in [3.05, 3.63) is 82.1 Å². The highest BCUT2D eigenvalue weighted by molar-refractivity contribution is 9.10. The predicted octanol–water partition coefficient (Wildman–Crippen LogP) is 5.48. The van der Waals surface area contributed by atoms with Gasteiger partial charge in [0.25, 0.3) is 0 Å². The van der Waals surface area contributed by atoms with Crippen LogP contribution in [-0.2, 0) is 11.3 Å². The summed E-state index contributed by atoms with van der Waals surface area (Å²) in [7, 11) is 0. The number of carbonyl (C=O) groups excluding carboxylic acids is 1. The first kappa shape index (κ1) is 22.2. The zero-order valence-electron chi connectivity index (χ0n) is 18.2. The van der Waals surface area contributed by atoms with Gasteiger partial charge in [0.15, 0.2) is 5.13 Å². The number of fused-ring (bicyclic) bond motifs is 1. The number of amides is 1. The van der Waals surface area contributed by atoms with Crippen LogP contribution in [0, 0.1) is 0 Å². The molecule has 5 nitrogen and oxygen atoms in total. The number of hydrogen-bond donors (Lipinski definition) is 1. The molecule has 0 bridgehead atoms. The number of nitrogens with one attached hydrogen (secondary N) is 1. The first-order valence-corrected chi connectivity index (χ1v) is 12.7. The van der Waals surface area contributed by atoms with E-state index in [1.54, 1.807) is 0 Å². The van der Waals surface area contributed by atoms with Crippen molar-refractivity contribution in [3.63, 3.8) is 0 Å². The minimum Gasteiger partial charge on any atom is -0.301 e. The quantitative estimate of drug-likeness (QED) is 0.365. The summed E-state index contributed by atoms with van der Waals surface area (Å²) < 4.78 is 1.03. The summed E-state index contributed by atoms with van der Waals surface area (Å²) in [5, 5.41) is 8.20. The molecule has 4 aromatic rings. The summed E-state index contributed by atoms with van der Waals surface area (Å²) in [6.45, 7) is 5.04. The monoisotopic (exact) mass is 520 g/mol. The highest BCUT2D eigenvalue weighted by Crippen LogP contribution is 2.26. The van der Waals surface area contributed by atoms with Crippen molar-refractivity contribution in [1.82, 2.24) is 14.8 Å². The number of halogens is 1. The zero-order chi connectivity index (χ0) is 22.6. The highest BCUT2D eigenvalue weighted by atomic mass is 79.9. The Kier molecular flexibility index (Phi) is 6.83. The van der Waals surface area contributed by atoms with Crippen molar-refractivity contribution in [3.8, 4) is 11.3 Å². The van der Waals surface area contributed by atoms with Crippen LogP contribution >= 0.6 is 27.3 Å². The molecule has 1 aliphatic rings. The molecule has 1 fully saturated rings. The number of anilines is 1. The van der Waals surface area contributed by atoms with Crippen molar-refractivity contribution >= 4 is 49.1 Å². The topological polar surface area (TPSA) is 48.5 Å². The van der Waals surface area contributed by atoms with Crippen LogP contribution in [0.1, 0.15) is 5.56 Å². The van der Waals surface area contributed by atoms with Gasteiger partial charge in [-0.25, -0.2) is 4.98 Å². The third-order valence-electron chi connectivity index (χ3n) is 6.00. The molecular weight excluding hydrogens is 496 g/mol. The summed E-state index contributed by atoms with van der Waals surface area (Å²) in [6, 6.07) is 23.1. The molecule has 0 saturated carbocycles. The lowest BCUT2D eigenvalue weighted by Crippen LogP contribution is -2.48. The van der Waals surface area contributed by atoms with Gasteiger partial charge < -0.3 is 5.32 Å². The van der Waals surface area contributed by atoms with Gasteiger partial charge in [0.05, 0.1) is 12.2 Å². The molecule has 3 aromatic carbocycles. The molecule has 1 aromatic heterocycles. The first-order valence-electron chi connectivity index (χ1n) is 11.1. The number of nitrogens with zero attached hydrogens (tertiary/aromatic N) is 3. The van der Waals surface area contributed by atoms with Crippen LogP contribution in [0.5, 0.6) is 0 Å². The molecule has 1 N–H and O–H groups in total. The molecular formula is C26H25BrN4OS. The first-order chi connectivity index (χ1) is 16.1. The number of aromatic nitrogens is 1. The summed E-state index contributed by atoms with van der Waals surface area (Å²) in [5.74, 6) is -0.00536. The van der Waals surface area contributed by atoms with Gasteiger partial charge in [-0.15, -0.1) is 11.3 Å². The standard InChI is InChI=1S/C26H25BrN4OS/c27-22-10-8-20(9-11-22)24-18-33-26(28-24)29-25(32)17-31-14-12-30(13-15-31)16-21-6-3-5-19-4-1-2-7-23(19)21/h1-11,18H,12-17H2,(H,28,29,32). The minimum atomic E-state index is -0.00536. The third kappa shape index (κ3) is 5.50. The van der Waals surface area contributed by atoms with Crippen LogP contribution < -0.4 is 5.32 Å². The van der Waals surface area contributed by atoms with Crippen LogP contribution in [0.25, 0.3) is 22.0 Å². The van der Waals surface area contributed by atoms with Gasteiger partial charge in [-0.3, -0.25) is 14.6 Å². The van der Waals surface area contributed by atoms with E-state index in [0.717, 1.165) is 48.5 Å². The average Bonchev–Trinajstić information content (AvgIpc) is 3.29. The Hall–Kier alpha value is -2.58. The lowest BCUT2D eigenvalue weighted by Gasteiger charge is -2.34. The summed E-state index contributed by atoms with van der Waals surface area (Å²) in [6.07, 6.45) is 0. The molecule has 1 saturated heterocycles. The molecule has 0 radical (unpaired) electrons. The van der Waals surface area contributed by atoms with Gasteiger partial charge in [-0.1, -0.05) is 70.5 Å². The number of hydrogen-bond acceptors (Lipinski definition) is 5. The molecule has 33 heavy (non-hydrogen) atoms. The Morgan fingerprint density at radius 3 is 2.48 bits per heavy atom. The number of rotatable bonds is 6. The molecule has 1 aliphatic heterocycles. The minimum absolute atomic E-state index is 0.00536. The third-order valence-corrected chi connectivity index (χ3v) is 7.28. The largest absolute Gasteiger partial charge is 0.301 e. The van der Waals surface area contributed by atoms with E-state index in [4.69, 9.17) is 0 Å². The Balaban J connectivity index is 1.12. The van der Waals surface area contributed by atoms with E-state index < -0.39 is 0 Å². The van der Waals surface area contributed by atoms with Crippen molar-refractivity contribution < 1.29 is 4.79 Å². The van der Waals surface area contributed by atoms with E-state index in [1.807, 2.05) is 29.6 Å². The van der Waals surface area contributed by atoms with E-state index in [9.17, 15) is 4.79 Å². The van der Waals surface area contributed by atoms with Crippen molar-refractivity contribution in [2.45, 2.75) is 6.54 Å². The fourth-order valence-electron chi connectivity index (χ4n) is 4.22. The second-order valence-electron chi connectivity index (χ2n) is 8.28. The van der Waals surface area contributed by atoms with Gasteiger partial charge in [0, 0.05) is 48.1 Å². The van der Waals surface area contributed by atoms with Gasteiger partial charge in [-0.2, -0.15) is 0 Å². The molecule has 0 spiro atoms. The van der Waals surface area contributed by atoms with Crippen molar-refractivity contribution in [2.75, 3.05) is 38.0 Å². The zero-order valence-corrected chi connectivity index (χ0v) is 20.6. The van der Waals surface area contributed by atoms with Crippen LogP contribution in [0.15, 0.2) is 76.6 Å². The molecule has 2 heterocycles. The van der Waals surface area contributed by atoms with Crippen LogP contribution in [0.3, 0.4) is 0 Å². The summed E-state index contributed by atoms with van der Waals surface area (Å²) in [5.41, 5.74) is 3.28. The van der Waals surface area contributed by atoms with E-state index in [0.29, 0.717) is 11.7 Å². The van der Waals surface area contributed by atoms with Gasteiger partial charge in [0.1, 0.15) is 0 Å². The van der Waals surface area contributed by atoms with Gasteiger partial charge in [-0.05, 0) is 28.5 Å². The van der Waals surface area contributed by atoms with Crippen molar-refractivity contribution in [2.24, 2.45) is 0 Å². The number of benzene rings is 3. The van der Waals surface area contributed by atoms with Crippen molar-refractivity contribution in [1.29, 1.82) is 0 Å². The molecule has 1 amide bonds. The second kappa shape index (κ2) is 10.1. The SMILES string of the molecule is O=C(CN1CCN(Cc2cccc3ccccc23)CC1)Nc1nc(-c2ccc(Br)cc2)cs1. The lowest BCUT2D eigenvalue weighted by atomic mass is 10.0. The fourth-order valence-corrected chi connectivity index (χ4v) is 5.22. The van der Waals surface area contributed by atoms with Crippen LogP contribution in [0.4, 0.5) is 5.13 Å². The van der Waals surface area contributed by atoms with E-state index in [1.165, 1.54) is 27.7 Å². The van der Waals surface area contributed by atoms with Gasteiger partial charge >= 0.3 is 0 Å². The Morgan fingerprint density at radius 2 is 1.67 bits per heavy atom. The maximum atomic E-state index is 12.6.